The first kappa shape index (κ1) is 31.6. The molecule has 0 aliphatic heterocycles. The summed E-state index contributed by atoms with van der Waals surface area (Å²) in [7, 11) is 0. The maximum absolute atomic E-state index is 15.1. The Morgan fingerprint density at radius 3 is 1.74 bits per heavy atom. The number of ether oxygens (including phenoxy) is 3. The fourth-order valence-corrected chi connectivity index (χ4v) is 5.50. The Morgan fingerprint density at radius 2 is 1.12 bits per heavy atom. The van der Waals surface area contributed by atoms with E-state index in [1.54, 1.807) is 18.2 Å². The summed E-state index contributed by atoms with van der Waals surface area (Å²) >= 11 is 0. The Morgan fingerprint density at radius 1 is 0.571 bits per heavy atom. The van der Waals surface area contributed by atoms with Crippen molar-refractivity contribution in [3.63, 3.8) is 0 Å². The molecule has 0 saturated heterocycles. The maximum atomic E-state index is 15.1. The number of rotatable bonds is 14. The van der Waals surface area contributed by atoms with Crippen LogP contribution in [-0.2, 0) is 6.61 Å². The molecule has 0 N–H and O–H groups in total. The first-order chi connectivity index (χ1) is 20.3. The van der Waals surface area contributed by atoms with Gasteiger partial charge in [-0.1, -0.05) is 51.3 Å². The lowest BCUT2D eigenvalue weighted by atomic mass is 9.76. The predicted octanol–water partition coefficient (Wildman–Crippen LogP) is 10.2. The fourth-order valence-electron chi connectivity index (χ4n) is 5.50. The van der Waals surface area contributed by atoms with Gasteiger partial charge in [0.15, 0.2) is 23.1 Å². The highest BCUT2D eigenvalue weighted by Gasteiger charge is 2.28. The minimum Gasteiger partial charge on any atom is -0.490 e. The van der Waals surface area contributed by atoms with Gasteiger partial charge in [-0.25, -0.2) is 8.78 Å². The SMILES string of the molecule is CCCCCCOc1ccc(OCc2ccc(C3CCC(c4ccc(OCCC)c(F)c4F)CC3)c(F)c2)c(F)c1F. The van der Waals surface area contributed by atoms with E-state index in [9.17, 15) is 17.6 Å². The highest BCUT2D eigenvalue weighted by molar-refractivity contribution is 5.36. The third kappa shape index (κ3) is 7.75. The number of unbranched alkanes of at least 4 members (excludes halogenated alkanes) is 3. The molecule has 228 valence electrons. The normalized spacial score (nSPS) is 16.8. The molecule has 0 heterocycles. The highest BCUT2D eigenvalue weighted by atomic mass is 19.2. The third-order valence-electron chi connectivity index (χ3n) is 7.87. The van der Waals surface area contributed by atoms with E-state index >= 15 is 4.39 Å². The largest absolute Gasteiger partial charge is 0.490 e. The molecule has 3 nitrogen and oxygen atoms in total. The molecule has 0 spiro atoms. The van der Waals surface area contributed by atoms with Crippen LogP contribution in [-0.4, -0.2) is 13.2 Å². The van der Waals surface area contributed by atoms with Crippen LogP contribution in [0.1, 0.15) is 100 Å². The second-order valence-corrected chi connectivity index (χ2v) is 10.9. The van der Waals surface area contributed by atoms with Crippen LogP contribution in [0.4, 0.5) is 22.0 Å². The van der Waals surface area contributed by atoms with Crippen LogP contribution in [0.25, 0.3) is 0 Å². The average Bonchev–Trinajstić information content (AvgIpc) is 2.99. The Kier molecular flexibility index (Phi) is 11.5. The summed E-state index contributed by atoms with van der Waals surface area (Å²) in [5, 5.41) is 0. The van der Waals surface area contributed by atoms with Gasteiger partial charge in [0.25, 0.3) is 0 Å². The number of benzene rings is 3. The molecule has 1 fully saturated rings. The van der Waals surface area contributed by atoms with Crippen molar-refractivity contribution in [3.8, 4) is 17.2 Å². The lowest BCUT2D eigenvalue weighted by molar-refractivity contribution is 0.265. The molecule has 3 aromatic carbocycles. The Labute approximate surface area is 245 Å². The summed E-state index contributed by atoms with van der Waals surface area (Å²) in [6, 6.07) is 10.4. The van der Waals surface area contributed by atoms with Crippen molar-refractivity contribution >= 4 is 0 Å². The molecule has 1 saturated carbocycles. The summed E-state index contributed by atoms with van der Waals surface area (Å²) in [6.45, 7) is 4.46. The van der Waals surface area contributed by atoms with Gasteiger partial charge in [0.2, 0.25) is 17.5 Å². The zero-order valence-electron chi connectivity index (χ0n) is 24.3. The van der Waals surface area contributed by atoms with Crippen molar-refractivity contribution < 1.29 is 36.2 Å². The van der Waals surface area contributed by atoms with E-state index in [0.29, 0.717) is 62.0 Å². The van der Waals surface area contributed by atoms with Gasteiger partial charge in [-0.3, -0.25) is 0 Å². The van der Waals surface area contributed by atoms with Crippen molar-refractivity contribution in [2.75, 3.05) is 13.2 Å². The van der Waals surface area contributed by atoms with E-state index < -0.39 is 29.1 Å². The highest BCUT2D eigenvalue weighted by Crippen LogP contribution is 2.43. The van der Waals surface area contributed by atoms with Crippen molar-refractivity contribution in [3.05, 3.63) is 88.2 Å². The molecule has 1 aliphatic carbocycles. The van der Waals surface area contributed by atoms with Gasteiger partial charge in [0.1, 0.15) is 12.4 Å². The smallest absolute Gasteiger partial charge is 0.204 e. The summed E-state index contributed by atoms with van der Waals surface area (Å²) in [5.74, 6) is -5.22. The van der Waals surface area contributed by atoms with Gasteiger partial charge < -0.3 is 14.2 Å². The summed E-state index contributed by atoms with van der Waals surface area (Å²) in [6.07, 6.45) is 7.01. The van der Waals surface area contributed by atoms with Crippen LogP contribution in [0.2, 0.25) is 0 Å². The first-order valence-corrected chi connectivity index (χ1v) is 15.0. The Balaban J connectivity index is 1.32. The van der Waals surface area contributed by atoms with Crippen molar-refractivity contribution in [1.82, 2.24) is 0 Å². The molecule has 0 aromatic heterocycles. The molecule has 8 heteroatoms. The molecule has 0 unspecified atom stereocenters. The molecule has 0 atom stereocenters. The third-order valence-corrected chi connectivity index (χ3v) is 7.87. The fraction of sp³-hybridized carbons (Fsp3) is 0.471. The van der Waals surface area contributed by atoms with Crippen molar-refractivity contribution in [1.29, 1.82) is 0 Å². The summed E-state index contributed by atoms with van der Waals surface area (Å²) in [5.41, 5.74) is 1.35. The van der Waals surface area contributed by atoms with Crippen molar-refractivity contribution in [2.45, 2.75) is 90.1 Å². The van der Waals surface area contributed by atoms with E-state index in [1.165, 1.54) is 24.3 Å². The van der Waals surface area contributed by atoms with E-state index in [4.69, 9.17) is 14.2 Å². The Bertz CT molecular complexity index is 1320. The van der Waals surface area contributed by atoms with E-state index in [1.807, 2.05) is 6.92 Å². The van der Waals surface area contributed by atoms with Crippen molar-refractivity contribution in [2.24, 2.45) is 0 Å². The van der Waals surface area contributed by atoms with Crippen LogP contribution in [0.15, 0.2) is 42.5 Å². The second-order valence-electron chi connectivity index (χ2n) is 10.9. The summed E-state index contributed by atoms with van der Waals surface area (Å²) < 4.78 is 89.5. The van der Waals surface area contributed by atoms with E-state index in [2.05, 4.69) is 6.92 Å². The van der Waals surface area contributed by atoms with Crippen LogP contribution >= 0.6 is 0 Å². The zero-order valence-corrected chi connectivity index (χ0v) is 24.3. The van der Waals surface area contributed by atoms with Crippen LogP contribution in [0, 0.1) is 29.1 Å². The molecular weight excluding hydrogens is 551 g/mol. The molecule has 3 aromatic rings. The van der Waals surface area contributed by atoms with Gasteiger partial charge in [-0.2, -0.15) is 13.2 Å². The molecule has 0 radical (unpaired) electrons. The lowest BCUT2D eigenvalue weighted by Gasteiger charge is -2.30. The first-order valence-electron chi connectivity index (χ1n) is 15.0. The molecular formula is C34H39F5O3. The van der Waals surface area contributed by atoms with Gasteiger partial charge in [-0.05, 0) is 91.3 Å². The van der Waals surface area contributed by atoms with Crippen LogP contribution < -0.4 is 14.2 Å². The van der Waals surface area contributed by atoms with E-state index in [0.717, 1.165) is 25.7 Å². The minimum absolute atomic E-state index is 0.0580. The molecule has 0 amide bonds. The van der Waals surface area contributed by atoms with Crippen LogP contribution in [0.3, 0.4) is 0 Å². The van der Waals surface area contributed by atoms with Crippen LogP contribution in [0.5, 0.6) is 17.2 Å². The molecule has 4 rings (SSSR count). The lowest BCUT2D eigenvalue weighted by Crippen LogP contribution is -2.15. The topological polar surface area (TPSA) is 27.7 Å². The number of hydrogen-bond donors (Lipinski definition) is 0. The van der Waals surface area contributed by atoms with Gasteiger partial charge in [0, 0.05) is 0 Å². The van der Waals surface area contributed by atoms with Gasteiger partial charge in [0.05, 0.1) is 13.2 Å². The second kappa shape index (κ2) is 15.3. The number of halogens is 5. The molecule has 42 heavy (non-hydrogen) atoms. The van der Waals surface area contributed by atoms with Gasteiger partial charge in [-0.15, -0.1) is 0 Å². The average molecular weight is 591 g/mol. The molecule has 0 bridgehead atoms. The zero-order chi connectivity index (χ0) is 30.1. The monoisotopic (exact) mass is 590 g/mol. The summed E-state index contributed by atoms with van der Waals surface area (Å²) in [4.78, 5) is 0. The minimum atomic E-state index is -1.14. The predicted molar refractivity (Wildman–Crippen MR) is 153 cm³/mol. The number of hydrogen-bond acceptors (Lipinski definition) is 3. The van der Waals surface area contributed by atoms with E-state index in [-0.39, 0.29) is 35.7 Å². The van der Waals surface area contributed by atoms with Gasteiger partial charge >= 0.3 is 0 Å². The quantitative estimate of drug-likeness (QED) is 0.138. The maximum Gasteiger partial charge on any atom is 0.204 e. The Hall–Kier alpha value is -3.29. The molecule has 1 aliphatic rings. The standard InChI is InChI=1S/C34H39F5O3/c1-3-5-6-7-19-41-29-16-17-30(34(39)33(29)38)42-21-22-8-13-25(27(35)20-22)23-9-11-24(12-10-23)26-14-15-28(40-18-4-2)32(37)31(26)36/h8,13-17,20,23-24H,3-7,9-12,18-19,21H2,1-2H3.